The van der Waals surface area contributed by atoms with Crippen LogP contribution in [0, 0.1) is 6.92 Å². The Bertz CT molecular complexity index is 1520. The van der Waals surface area contributed by atoms with Gasteiger partial charge < -0.3 is 15.4 Å². The Hall–Kier alpha value is -3.26. The maximum absolute atomic E-state index is 13.4. The second-order valence-electron chi connectivity index (χ2n) is 6.63. The second kappa shape index (κ2) is 7.46. The SMILES string of the molecule is CC(=O)Nc1cc(S(=O)(=O)O)cc2[nH]c(S(=O)(=O)O)c(-c3cccc(O)c3C)c(=O)c12. The Labute approximate surface area is 175 Å². The van der Waals surface area contributed by atoms with Gasteiger partial charge >= 0.3 is 10.1 Å². The number of pyridine rings is 1. The molecular weight excluding hydrogens is 452 g/mol. The van der Waals surface area contributed by atoms with Gasteiger partial charge in [-0.1, -0.05) is 12.1 Å². The van der Waals surface area contributed by atoms with E-state index >= 15 is 0 Å². The quantitative estimate of drug-likeness (QED) is 0.354. The van der Waals surface area contributed by atoms with Crippen LogP contribution < -0.4 is 10.7 Å². The number of aromatic amines is 1. The molecule has 0 atom stereocenters. The van der Waals surface area contributed by atoms with Crippen molar-refractivity contribution in [1.82, 2.24) is 4.98 Å². The predicted octanol–water partition coefficient (Wildman–Crippen LogP) is 1.66. The average Bonchev–Trinajstić information content (AvgIpc) is 2.62. The molecule has 0 saturated carbocycles. The number of carbonyl (C=O) groups is 1. The highest BCUT2D eigenvalue weighted by molar-refractivity contribution is 7.86. The van der Waals surface area contributed by atoms with Gasteiger partial charge in [0.15, 0.2) is 5.03 Å². The number of hydrogen-bond donors (Lipinski definition) is 5. The van der Waals surface area contributed by atoms with E-state index in [9.17, 15) is 40.6 Å². The monoisotopic (exact) mass is 468 g/mol. The fourth-order valence-electron chi connectivity index (χ4n) is 3.14. The molecule has 1 heterocycles. The summed E-state index contributed by atoms with van der Waals surface area (Å²) in [5.41, 5.74) is -2.12. The van der Waals surface area contributed by atoms with Crippen molar-refractivity contribution < 1.29 is 35.8 Å². The number of fused-ring (bicyclic) bond motifs is 1. The molecule has 0 unspecified atom stereocenters. The summed E-state index contributed by atoms with van der Waals surface area (Å²) in [7, 11) is -9.85. The lowest BCUT2D eigenvalue weighted by atomic mass is 9.99. The Kier molecular flexibility index (Phi) is 5.40. The Balaban J connectivity index is 2.62. The lowest BCUT2D eigenvalue weighted by Crippen LogP contribution is -2.18. The number of rotatable bonds is 4. The van der Waals surface area contributed by atoms with E-state index in [0.717, 1.165) is 19.1 Å². The Morgan fingerprint density at radius 2 is 1.71 bits per heavy atom. The van der Waals surface area contributed by atoms with Gasteiger partial charge in [-0.25, -0.2) is 0 Å². The summed E-state index contributed by atoms with van der Waals surface area (Å²) in [5, 5.41) is 11.0. The third-order valence-corrected chi connectivity index (χ3v) is 6.14. The number of H-pyrrole nitrogens is 1. The van der Waals surface area contributed by atoms with Crippen molar-refractivity contribution in [1.29, 1.82) is 0 Å². The third kappa shape index (κ3) is 4.16. The summed E-state index contributed by atoms with van der Waals surface area (Å²) in [5.74, 6) is -0.927. The van der Waals surface area contributed by atoms with Crippen LogP contribution in [0.5, 0.6) is 5.75 Å². The van der Waals surface area contributed by atoms with E-state index in [1.165, 1.54) is 25.1 Å². The Morgan fingerprint density at radius 3 is 2.26 bits per heavy atom. The fraction of sp³-hybridized carbons (Fsp3) is 0.111. The molecule has 164 valence electrons. The molecule has 0 radical (unpaired) electrons. The summed E-state index contributed by atoms with van der Waals surface area (Å²) < 4.78 is 66.4. The van der Waals surface area contributed by atoms with Gasteiger partial charge in [-0.05, 0) is 36.2 Å². The van der Waals surface area contributed by atoms with Gasteiger partial charge in [-0.2, -0.15) is 16.8 Å². The summed E-state index contributed by atoms with van der Waals surface area (Å²) in [6, 6.07) is 5.62. The number of aromatic nitrogens is 1. The number of amides is 1. The smallest absolute Gasteiger partial charge is 0.310 e. The van der Waals surface area contributed by atoms with Crippen molar-refractivity contribution in [3.63, 3.8) is 0 Å². The number of phenols is 1. The molecule has 1 amide bonds. The number of nitrogens with one attached hydrogen (secondary N) is 2. The Morgan fingerprint density at radius 1 is 1.06 bits per heavy atom. The van der Waals surface area contributed by atoms with E-state index in [-0.39, 0.29) is 28.0 Å². The normalized spacial score (nSPS) is 12.1. The van der Waals surface area contributed by atoms with Crippen LogP contribution in [-0.2, 0) is 25.0 Å². The average molecular weight is 468 g/mol. The van der Waals surface area contributed by atoms with Gasteiger partial charge in [0, 0.05) is 6.92 Å². The van der Waals surface area contributed by atoms with Crippen molar-refractivity contribution >= 4 is 42.7 Å². The molecule has 3 rings (SSSR count). The molecule has 5 N–H and O–H groups in total. The summed E-state index contributed by atoms with van der Waals surface area (Å²) in [4.78, 5) is 26.6. The van der Waals surface area contributed by atoms with Crippen molar-refractivity contribution in [2.45, 2.75) is 23.8 Å². The molecule has 0 aliphatic heterocycles. The van der Waals surface area contributed by atoms with Crippen LogP contribution >= 0.6 is 0 Å². The zero-order valence-corrected chi connectivity index (χ0v) is 17.6. The molecule has 11 nitrogen and oxygen atoms in total. The topological polar surface area (TPSA) is 191 Å². The van der Waals surface area contributed by atoms with E-state index in [4.69, 9.17) is 0 Å². The van der Waals surface area contributed by atoms with Crippen molar-refractivity contribution in [2.24, 2.45) is 0 Å². The largest absolute Gasteiger partial charge is 0.508 e. The van der Waals surface area contributed by atoms with Crippen LogP contribution in [-0.4, -0.2) is 41.9 Å². The first kappa shape index (κ1) is 22.4. The lowest BCUT2D eigenvalue weighted by Gasteiger charge is -2.15. The molecule has 3 aromatic rings. The van der Waals surface area contributed by atoms with E-state index in [2.05, 4.69) is 10.3 Å². The standard InChI is InChI=1S/C18H16N2O9S2/c1-8-11(4-3-5-14(8)22)15-17(23)16-12(19-9(2)21)6-10(30(24,25)26)7-13(16)20-18(15)31(27,28)29/h3-7,22H,1-2H3,(H,19,21)(H,20,23)(H,24,25,26)(H,27,28,29). The van der Waals surface area contributed by atoms with Crippen LogP contribution in [0.3, 0.4) is 0 Å². The van der Waals surface area contributed by atoms with Gasteiger partial charge in [-0.15, -0.1) is 0 Å². The molecule has 13 heteroatoms. The highest BCUT2D eigenvalue weighted by atomic mass is 32.2. The summed E-state index contributed by atoms with van der Waals surface area (Å²) in [6.07, 6.45) is 0. The minimum absolute atomic E-state index is 0.0246. The molecular formula is C18H16N2O9S2. The maximum Gasteiger partial charge on any atom is 0.310 e. The van der Waals surface area contributed by atoms with Crippen LogP contribution in [0.15, 0.2) is 45.0 Å². The highest BCUT2D eigenvalue weighted by Gasteiger charge is 2.27. The zero-order valence-electron chi connectivity index (χ0n) is 16.0. The van der Waals surface area contributed by atoms with Crippen molar-refractivity contribution in [3.8, 4) is 16.9 Å². The predicted molar refractivity (Wildman–Crippen MR) is 110 cm³/mol. The highest BCUT2D eigenvalue weighted by Crippen LogP contribution is 2.34. The first-order valence-electron chi connectivity index (χ1n) is 8.47. The molecule has 0 spiro atoms. The van der Waals surface area contributed by atoms with Crippen LogP contribution in [0.25, 0.3) is 22.0 Å². The van der Waals surface area contributed by atoms with Gasteiger partial charge in [0.1, 0.15) is 5.75 Å². The molecule has 0 aliphatic rings. The molecule has 0 saturated heterocycles. The second-order valence-corrected chi connectivity index (χ2v) is 9.41. The molecule has 0 bridgehead atoms. The van der Waals surface area contributed by atoms with E-state index in [1.807, 2.05) is 0 Å². The van der Waals surface area contributed by atoms with E-state index < -0.39 is 52.6 Å². The summed E-state index contributed by atoms with van der Waals surface area (Å²) >= 11 is 0. The number of carbonyl (C=O) groups excluding carboxylic acids is 1. The third-order valence-electron chi connectivity index (χ3n) is 4.48. The van der Waals surface area contributed by atoms with E-state index in [0.29, 0.717) is 0 Å². The number of aromatic hydroxyl groups is 1. The van der Waals surface area contributed by atoms with Gasteiger partial charge in [0.25, 0.3) is 10.1 Å². The van der Waals surface area contributed by atoms with Gasteiger partial charge in [0.2, 0.25) is 11.3 Å². The molecule has 2 aromatic carbocycles. The minimum Gasteiger partial charge on any atom is -0.508 e. The maximum atomic E-state index is 13.4. The molecule has 0 fully saturated rings. The zero-order chi connectivity index (χ0) is 23.3. The molecule has 31 heavy (non-hydrogen) atoms. The lowest BCUT2D eigenvalue weighted by molar-refractivity contribution is -0.114. The number of anilines is 1. The number of hydrogen-bond acceptors (Lipinski definition) is 7. The fourth-order valence-corrected chi connectivity index (χ4v) is 4.37. The van der Waals surface area contributed by atoms with Crippen LogP contribution in [0.2, 0.25) is 0 Å². The van der Waals surface area contributed by atoms with E-state index in [1.54, 1.807) is 0 Å². The van der Waals surface area contributed by atoms with Crippen LogP contribution in [0.1, 0.15) is 12.5 Å². The first-order valence-corrected chi connectivity index (χ1v) is 11.4. The van der Waals surface area contributed by atoms with Crippen LogP contribution in [0.4, 0.5) is 5.69 Å². The number of benzene rings is 2. The first-order chi connectivity index (χ1) is 14.2. The minimum atomic E-state index is -5.05. The summed E-state index contributed by atoms with van der Waals surface area (Å²) in [6.45, 7) is 2.51. The van der Waals surface area contributed by atoms with Gasteiger partial charge in [-0.3, -0.25) is 18.7 Å². The van der Waals surface area contributed by atoms with Crippen molar-refractivity contribution in [2.75, 3.05) is 5.32 Å². The molecule has 1 aromatic heterocycles. The molecule has 0 aliphatic carbocycles. The number of phenolic OH excluding ortho intramolecular Hbond substituents is 1. The van der Waals surface area contributed by atoms with Crippen molar-refractivity contribution in [3.05, 3.63) is 46.1 Å². The van der Waals surface area contributed by atoms with Gasteiger partial charge in [0.05, 0.1) is 27.0 Å².